The number of aliphatic hydroxyl groups excluding tert-OH is 1. The van der Waals surface area contributed by atoms with Crippen molar-refractivity contribution in [1.29, 1.82) is 0 Å². The zero-order valence-corrected chi connectivity index (χ0v) is 18.5. The van der Waals surface area contributed by atoms with Gasteiger partial charge >= 0.3 is 10.8 Å². The third kappa shape index (κ3) is 4.90. The van der Waals surface area contributed by atoms with Crippen LogP contribution in [0.3, 0.4) is 0 Å². The maximum Gasteiger partial charge on any atom is 0.335 e. The lowest BCUT2D eigenvalue weighted by molar-refractivity contribution is -0.131. The van der Waals surface area contributed by atoms with E-state index in [4.69, 9.17) is 0 Å². The van der Waals surface area contributed by atoms with Crippen LogP contribution >= 0.6 is 11.3 Å². The molecule has 0 bridgehead atoms. The summed E-state index contributed by atoms with van der Waals surface area (Å²) >= 11 is 1.13. The largest absolute Gasteiger partial charge is 0.478 e. The Morgan fingerprint density at radius 1 is 1.28 bits per heavy atom. The molecule has 1 aliphatic rings. The van der Waals surface area contributed by atoms with E-state index in [0.717, 1.165) is 33.7 Å². The van der Waals surface area contributed by atoms with Crippen molar-refractivity contribution in [3.63, 3.8) is 0 Å². The van der Waals surface area contributed by atoms with Gasteiger partial charge in [0.25, 0.3) is 0 Å². The van der Waals surface area contributed by atoms with E-state index in [9.17, 15) is 24.6 Å². The van der Waals surface area contributed by atoms with Crippen LogP contribution in [0.5, 0.6) is 0 Å². The number of aliphatic hydroxyl groups is 1. The molecular formula is C23H25N3O5S. The summed E-state index contributed by atoms with van der Waals surface area (Å²) < 4.78 is 0.843. The van der Waals surface area contributed by atoms with Gasteiger partial charge in [-0.05, 0) is 41.8 Å². The fourth-order valence-electron chi connectivity index (χ4n) is 4.14. The van der Waals surface area contributed by atoms with Crippen LogP contribution in [0.25, 0.3) is 10.2 Å². The van der Waals surface area contributed by atoms with E-state index in [1.807, 2.05) is 24.3 Å². The van der Waals surface area contributed by atoms with Gasteiger partial charge in [0.2, 0.25) is 5.91 Å². The molecule has 4 rings (SSSR count). The van der Waals surface area contributed by atoms with Crippen molar-refractivity contribution in [3.8, 4) is 0 Å². The monoisotopic (exact) mass is 455 g/mol. The number of H-pyrrole nitrogens is 1. The first-order valence-corrected chi connectivity index (χ1v) is 11.2. The maximum atomic E-state index is 13.2. The number of amides is 1. The third-order valence-corrected chi connectivity index (χ3v) is 6.76. The smallest absolute Gasteiger partial charge is 0.335 e. The van der Waals surface area contributed by atoms with Crippen LogP contribution in [0.4, 0.5) is 0 Å². The number of likely N-dealkylation sites (N-methyl/N-ethyl adjacent to an activating group) is 1. The number of carbonyl (C=O) groups is 2. The Kier molecular flexibility index (Phi) is 6.40. The molecule has 0 spiro atoms. The van der Waals surface area contributed by atoms with Crippen molar-refractivity contribution in [3.05, 3.63) is 68.8 Å². The van der Waals surface area contributed by atoms with Crippen LogP contribution in [0.1, 0.15) is 33.9 Å². The van der Waals surface area contributed by atoms with Crippen molar-refractivity contribution < 1.29 is 19.8 Å². The average Bonchev–Trinajstić information content (AvgIpc) is 3.35. The highest BCUT2D eigenvalue weighted by molar-refractivity contribution is 7.16. The number of aromatic carboxylic acids is 1. The Hall–Kier alpha value is -3.01. The normalized spacial score (nSPS) is 17.5. The number of aromatic amines is 1. The number of carboxylic acids is 1. The van der Waals surface area contributed by atoms with Crippen molar-refractivity contribution >= 4 is 33.4 Å². The van der Waals surface area contributed by atoms with Crippen LogP contribution in [-0.4, -0.2) is 69.7 Å². The first-order valence-electron chi connectivity index (χ1n) is 10.4. The number of β-amino-alcohol motifs (C(OH)–C–C–N with tert-alkyl or cyclic N) is 1. The van der Waals surface area contributed by atoms with Crippen LogP contribution in [0.2, 0.25) is 0 Å². The van der Waals surface area contributed by atoms with Crippen molar-refractivity contribution in [2.45, 2.75) is 25.0 Å². The molecule has 2 aromatic carbocycles. The molecule has 1 amide bonds. The van der Waals surface area contributed by atoms with Crippen molar-refractivity contribution in [2.75, 3.05) is 26.7 Å². The summed E-state index contributed by atoms with van der Waals surface area (Å²) in [7, 11) is 1.72. The molecule has 1 aromatic heterocycles. The van der Waals surface area contributed by atoms with E-state index < -0.39 is 5.97 Å². The first-order chi connectivity index (χ1) is 15.3. The number of aromatic nitrogens is 1. The number of fused-ring (bicyclic) bond motifs is 1. The Labute approximate surface area is 188 Å². The van der Waals surface area contributed by atoms with Gasteiger partial charge in [0.05, 0.1) is 34.3 Å². The van der Waals surface area contributed by atoms with E-state index in [1.54, 1.807) is 24.1 Å². The number of likely N-dealkylation sites (tertiary alicyclic amines) is 1. The second-order valence-electron chi connectivity index (χ2n) is 8.17. The van der Waals surface area contributed by atoms with E-state index in [0.29, 0.717) is 25.0 Å². The lowest BCUT2D eigenvalue weighted by Gasteiger charge is -2.32. The summed E-state index contributed by atoms with van der Waals surface area (Å²) in [6.45, 7) is 1.75. The van der Waals surface area contributed by atoms with E-state index in [1.165, 1.54) is 6.07 Å². The molecule has 2 atom stereocenters. The second-order valence-corrected chi connectivity index (χ2v) is 9.19. The maximum absolute atomic E-state index is 13.2. The van der Waals surface area contributed by atoms with Gasteiger partial charge in [-0.25, -0.2) is 4.79 Å². The molecule has 0 aliphatic carbocycles. The highest BCUT2D eigenvalue weighted by atomic mass is 32.1. The number of carbonyl (C=O) groups excluding carboxylic acids is 1. The number of nitrogens with zero attached hydrogens (tertiary/aromatic N) is 2. The number of hydrogen-bond acceptors (Lipinski definition) is 6. The molecule has 168 valence electrons. The average molecular weight is 456 g/mol. The molecule has 9 heteroatoms. The van der Waals surface area contributed by atoms with Crippen molar-refractivity contribution in [1.82, 2.24) is 14.8 Å². The molecule has 0 radical (unpaired) electrons. The van der Waals surface area contributed by atoms with Gasteiger partial charge in [0, 0.05) is 26.7 Å². The predicted molar refractivity (Wildman–Crippen MR) is 122 cm³/mol. The van der Waals surface area contributed by atoms with Gasteiger partial charge in [-0.1, -0.05) is 29.5 Å². The Bertz CT molecular complexity index is 1200. The minimum absolute atomic E-state index is 0.118. The highest BCUT2D eigenvalue weighted by Crippen LogP contribution is 2.25. The molecule has 3 aromatic rings. The number of benzene rings is 2. The predicted octanol–water partition coefficient (Wildman–Crippen LogP) is 2.10. The first kappa shape index (κ1) is 22.2. The van der Waals surface area contributed by atoms with Gasteiger partial charge in [-0.2, -0.15) is 0 Å². The molecule has 0 saturated carbocycles. The standard InChI is InChI=1S/C23H25N3O5S/c1-25(21(28)10-14-5-6-20-18(9-14)24-23(31)32-20)19(13-26-8-7-17(27)12-26)15-3-2-4-16(11-15)22(29)30/h2-6,9,11,17,19,27H,7-8,10,12-13H2,1H3,(H,24,31)(H,29,30)/t17?,19-/m1/s1. The molecule has 32 heavy (non-hydrogen) atoms. The van der Waals surface area contributed by atoms with Crippen LogP contribution in [0.15, 0.2) is 47.3 Å². The molecule has 1 saturated heterocycles. The van der Waals surface area contributed by atoms with E-state index in [-0.39, 0.29) is 34.9 Å². The van der Waals surface area contributed by atoms with Crippen LogP contribution in [0, 0.1) is 0 Å². The molecular weight excluding hydrogens is 430 g/mol. The van der Waals surface area contributed by atoms with Crippen molar-refractivity contribution in [2.24, 2.45) is 0 Å². The summed E-state index contributed by atoms with van der Waals surface area (Å²) in [6, 6.07) is 11.8. The Morgan fingerprint density at radius 2 is 2.09 bits per heavy atom. The molecule has 8 nitrogen and oxygen atoms in total. The molecule has 2 heterocycles. The fraction of sp³-hybridized carbons (Fsp3) is 0.348. The van der Waals surface area contributed by atoms with Gasteiger partial charge in [-0.3, -0.25) is 14.5 Å². The van der Waals surface area contributed by atoms with Crippen LogP contribution in [-0.2, 0) is 11.2 Å². The third-order valence-electron chi connectivity index (χ3n) is 5.90. The number of thiazole rings is 1. The summed E-state index contributed by atoms with van der Waals surface area (Å²) in [5.74, 6) is -1.14. The second kappa shape index (κ2) is 9.23. The SMILES string of the molecule is CN(C(=O)Cc1ccc2sc(=O)[nH]c2c1)[C@H](CN1CCC(O)C1)c1cccc(C(=O)O)c1. The lowest BCUT2D eigenvalue weighted by atomic mass is 10.0. The lowest BCUT2D eigenvalue weighted by Crippen LogP contribution is -2.39. The van der Waals surface area contributed by atoms with E-state index >= 15 is 0 Å². The molecule has 3 N–H and O–H groups in total. The molecule has 1 fully saturated rings. The zero-order chi connectivity index (χ0) is 22.8. The van der Waals surface area contributed by atoms with Crippen LogP contribution < -0.4 is 4.87 Å². The van der Waals surface area contributed by atoms with Gasteiger partial charge in [-0.15, -0.1) is 0 Å². The zero-order valence-electron chi connectivity index (χ0n) is 17.7. The van der Waals surface area contributed by atoms with E-state index in [2.05, 4.69) is 9.88 Å². The fourth-order valence-corrected chi connectivity index (χ4v) is 4.85. The summed E-state index contributed by atoms with van der Waals surface area (Å²) in [4.78, 5) is 42.6. The molecule has 1 unspecified atom stereocenters. The Balaban J connectivity index is 1.58. The van der Waals surface area contributed by atoms with Gasteiger partial charge in [0.1, 0.15) is 0 Å². The topological polar surface area (TPSA) is 114 Å². The number of rotatable bonds is 7. The summed E-state index contributed by atoms with van der Waals surface area (Å²) in [5.41, 5.74) is 2.41. The van der Waals surface area contributed by atoms with Gasteiger partial charge in [0.15, 0.2) is 0 Å². The molecule has 1 aliphatic heterocycles. The number of hydrogen-bond donors (Lipinski definition) is 3. The quantitative estimate of drug-likeness (QED) is 0.503. The van der Waals surface area contributed by atoms with Gasteiger partial charge < -0.3 is 20.1 Å². The summed E-state index contributed by atoms with van der Waals surface area (Å²) in [5, 5.41) is 19.3. The number of nitrogens with one attached hydrogen (secondary N) is 1. The minimum Gasteiger partial charge on any atom is -0.478 e. The highest BCUT2D eigenvalue weighted by Gasteiger charge is 2.28. The Morgan fingerprint density at radius 3 is 2.81 bits per heavy atom. The number of carboxylic acid groups (broad SMARTS) is 1. The minimum atomic E-state index is -1.02. The summed E-state index contributed by atoms with van der Waals surface area (Å²) in [6.07, 6.45) is 0.446.